The Labute approximate surface area is 190 Å². The van der Waals surface area contributed by atoms with E-state index in [0.717, 1.165) is 0 Å². The Hall–Kier alpha value is -3.02. The summed E-state index contributed by atoms with van der Waals surface area (Å²) in [5, 5.41) is 0. The van der Waals surface area contributed by atoms with Crippen molar-refractivity contribution in [2.24, 2.45) is 5.92 Å². The zero-order valence-corrected chi connectivity index (χ0v) is 19.6. The van der Waals surface area contributed by atoms with Gasteiger partial charge >= 0.3 is 0 Å². The Morgan fingerprint density at radius 3 is 1.25 bits per heavy atom. The third-order valence-electron chi connectivity index (χ3n) is 4.77. The normalized spacial score (nSPS) is 10.7. The lowest BCUT2D eigenvalue weighted by Gasteiger charge is -2.21. The van der Waals surface area contributed by atoms with E-state index in [1.54, 1.807) is 36.4 Å². The van der Waals surface area contributed by atoms with Crippen molar-refractivity contribution in [3.8, 4) is 23.0 Å². The van der Waals surface area contributed by atoms with Crippen LogP contribution in [0.1, 0.15) is 61.8 Å². The molecule has 173 valence electrons. The van der Waals surface area contributed by atoms with Crippen molar-refractivity contribution in [2.75, 3.05) is 26.4 Å². The molecule has 0 saturated heterocycles. The standard InChI is InChI=1S/C26H33O6/c1-6-13-18(25(27)23-19(29-7-2)14-11-15-20(23)30-8-3)26(28)24-21(31-9-4)16-12-17-22(24)32-10-5/h6,11-12,14-18H,7-10,13H2,1-5H3. The lowest BCUT2D eigenvalue weighted by molar-refractivity contribution is 0.0798. The predicted octanol–water partition coefficient (Wildman–Crippen LogP) is 5.58. The predicted molar refractivity (Wildman–Crippen MR) is 124 cm³/mol. The number of carbonyl (C=O) groups is 2. The summed E-state index contributed by atoms with van der Waals surface area (Å²) in [6, 6.07) is 10.4. The van der Waals surface area contributed by atoms with Crippen LogP contribution < -0.4 is 18.9 Å². The maximum Gasteiger partial charge on any atom is 0.181 e. The fourth-order valence-electron chi connectivity index (χ4n) is 3.53. The molecule has 6 heteroatoms. The number of hydrogen-bond donors (Lipinski definition) is 0. The maximum atomic E-state index is 13.8. The smallest absolute Gasteiger partial charge is 0.181 e. The van der Waals surface area contributed by atoms with Crippen LogP contribution in [0.2, 0.25) is 0 Å². The van der Waals surface area contributed by atoms with Crippen molar-refractivity contribution >= 4 is 11.6 Å². The third kappa shape index (κ3) is 5.81. The number of carbonyl (C=O) groups excluding carboxylic acids is 2. The van der Waals surface area contributed by atoms with Gasteiger partial charge in [-0.25, -0.2) is 0 Å². The highest BCUT2D eigenvalue weighted by Crippen LogP contribution is 2.37. The Balaban J connectivity index is 2.61. The van der Waals surface area contributed by atoms with Crippen LogP contribution in [0.25, 0.3) is 0 Å². The van der Waals surface area contributed by atoms with E-state index in [1.807, 2.05) is 41.0 Å². The van der Waals surface area contributed by atoms with Gasteiger partial charge in [0.1, 0.15) is 34.1 Å². The molecule has 2 aromatic rings. The molecule has 2 aromatic carbocycles. The molecule has 6 nitrogen and oxygen atoms in total. The van der Waals surface area contributed by atoms with Gasteiger partial charge in [0, 0.05) is 0 Å². The molecule has 0 aliphatic carbocycles. The van der Waals surface area contributed by atoms with Gasteiger partial charge in [-0.05, 0) is 64.8 Å². The van der Waals surface area contributed by atoms with Crippen molar-refractivity contribution in [3.63, 3.8) is 0 Å². The fraction of sp³-hybridized carbons (Fsp3) is 0.423. The van der Waals surface area contributed by atoms with Crippen molar-refractivity contribution in [1.82, 2.24) is 0 Å². The molecule has 0 fully saturated rings. The van der Waals surface area contributed by atoms with E-state index in [-0.39, 0.29) is 29.1 Å². The van der Waals surface area contributed by atoms with Crippen LogP contribution in [0.5, 0.6) is 23.0 Å². The van der Waals surface area contributed by atoms with E-state index in [4.69, 9.17) is 18.9 Å². The molecule has 1 radical (unpaired) electrons. The van der Waals surface area contributed by atoms with Gasteiger partial charge in [-0.15, -0.1) is 0 Å². The molecule has 2 rings (SSSR count). The monoisotopic (exact) mass is 441 g/mol. The van der Waals surface area contributed by atoms with Crippen LogP contribution in [-0.2, 0) is 0 Å². The van der Waals surface area contributed by atoms with Crippen LogP contribution in [0.15, 0.2) is 36.4 Å². The number of hydrogen-bond acceptors (Lipinski definition) is 6. The van der Waals surface area contributed by atoms with E-state index in [1.165, 1.54) is 0 Å². The molecule has 0 heterocycles. The van der Waals surface area contributed by atoms with Crippen molar-refractivity contribution in [2.45, 2.75) is 41.0 Å². The van der Waals surface area contributed by atoms with Gasteiger partial charge in [0.15, 0.2) is 11.6 Å². The molecule has 0 atom stereocenters. The Kier molecular flexibility index (Phi) is 10.1. The topological polar surface area (TPSA) is 71.1 Å². The van der Waals surface area contributed by atoms with Crippen LogP contribution in [0.3, 0.4) is 0 Å². The first-order valence-electron chi connectivity index (χ1n) is 11.2. The summed E-state index contributed by atoms with van der Waals surface area (Å²) in [5.41, 5.74) is 0.562. The Morgan fingerprint density at radius 2 is 1.00 bits per heavy atom. The summed E-state index contributed by atoms with van der Waals surface area (Å²) in [6.45, 7) is 10.7. The van der Waals surface area contributed by atoms with Crippen LogP contribution in [-0.4, -0.2) is 38.0 Å². The molecule has 0 aromatic heterocycles. The van der Waals surface area contributed by atoms with Crippen LogP contribution in [0, 0.1) is 12.3 Å². The summed E-state index contributed by atoms with van der Waals surface area (Å²) in [5.74, 6) is -0.0627. The maximum absolute atomic E-state index is 13.8. The number of benzene rings is 2. The Morgan fingerprint density at radius 1 is 0.688 bits per heavy atom. The zero-order chi connectivity index (χ0) is 23.5. The number of Topliss-reactive ketones (excluding diaryl/α,β-unsaturated/α-hetero) is 2. The molecule has 32 heavy (non-hydrogen) atoms. The van der Waals surface area contributed by atoms with Crippen LogP contribution >= 0.6 is 0 Å². The minimum atomic E-state index is -0.971. The van der Waals surface area contributed by atoms with Crippen LogP contribution in [0.4, 0.5) is 0 Å². The second kappa shape index (κ2) is 12.7. The highest BCUT2D eigenvalue weighted by Gasteiger charge is 2.35. The van der Waals surface area contributed by atoms with Gasteiger partial charge < -0.3 is 18.9 Å². The van der Waals surface area contributed by atoms with Gasteiger partial charge in [0.05, 0.1) is 32.3 Å². The minimum absolute atomic E-state index is 0.260. The lowest BCUT2D eigenvalue weighted by Crippen LogP contribution is -2.27. The molecule has 0 N–H and O–H groups in total. The molecule has 0 bridgehead atoms. The molecule has 0 aliphatic heterocycles. The molecule has 0 amide bonds. The highest BCUT2D eigenvalue weighted by atomic mass is 16.5. The minimum Gasteiger partial charge on any atom is -0.493 e. The van der Waals surface area contributed by atoms with Gasteiger partial charge in [-0.3, -0.25) is 9.59 Å². The summed E-state index contributed by atoms with van der Waals surface area (Å²) in [7, 11) is 0. The van der Waals surface area contributed by atoms with Gasteiger partial charge in [-0.1, -0.05) is 19.1 Å². The summed E-state index contributed by atoms with van der Waals surface area (Å²) in [6.07, 6.45) is 2.07. The van der Waals surface area contributed by atoms with E-state index in [9.17, 15) is 9.59 Å². The Bertz CT molecular complexity index is 785. The van der Waals surface area contributed by atoms with E-state index in [2.05, 4.69) is 0 Å². The summed E-state index contributed by atoms with van der Waals surface area (Å²) < 4.78 is 22.8. The number of ether oxygens (including phenoxy) is 4. The van der Waals surface area contributed by atoms with Crippen molar-refractivity contribution < 1.29 is 28.5 Å². The van der Waals surface area contributed by atoms with E-state index in [0.29, 0.717) is 49.4 Å². The number of ketones is 2. The van der Waals surface area contributed by atoms with Gasteiger partial charge in [0.2, 0.25) is 0 Å². The average molecular weight is 442 g/mol. The lowest BCUT2D eigenvalue weighted by atomic mass is 9.85. The first kappa shape index (κ1) is 25.2. The second-order valence-corrected chi connectivity index (χ2v) is 6.92. The van der Waals surface area contributed by atoms with Crippen molar-refractivity contribution in [1.29, 1.82) is 0 Å². The van der Waals surface area contributed by atoms with Gasteiger partial charge in [-0.2, -0.15) is 0 Å². The molecule has 0 saturated carbocycles. The molecule has 0 spiro atoms. The SMILES string of the molecule is C[CH]CC(C(=O)c1c(OCC)cccc1OCC)C(=O)c1c(OCC)cccc1OCC. The average Bonchev–Trinajstić information content (AvgIpc) is 2.78. The molecular formula is C26H33O6. The molecule has 0 unspecified atom stereocenters. The number of rotatable bonds is 14. The first-order valence-corrected chi connectivity index (χ1v) is 11.2. The van der Waals surface area contributed by atoms with Gasteiger partial charge in [0.25, 0.3) is 0 Å². The van der Waals surface area contributed by atoms with E-state index >= 15 is 0 Å². The summed E-state index contributed by atoms with van der Waals surface area (Å²) >= 11 is 0. The third-order valence-corrected chi connectivity index (χ3v) is 4.77. The second-order valence-electron chi connectivity index (χ2n) is 6.92. The first-order chi connectivity index (χ1) is 15.5. The quantitative estimate of drug-likeness (QED) is 0.282. The van der Waals surface area contributed by atoms with Crippen molar-refractivity contribution in [3.05, 3.63) is 53.9 Å². The largest absolute Gasteiger partial charge is 0.493 e. The molecular weight excluding hydrogens is 408 g/mol. The van der Waals surface area contributed by atoms with E-state index < -0.39 is 5.92 Å². The zero-order valence-electron chi connectivity index (χ0n) is 19.6. The molecule has 0 aliphatic rings. The fourth-order valence-corrected chi connectivity index (χ4v) is 3.53. The highest BCUT2D eigenvalue weighted by molar-refractivity contribution is 6.19. The summed E-state index contributed by atoms with van der Waals surface area (Å²) in [4.78, 5) is 27.6.